The Labute approximate surface area is 153 Å². The van der Waals surface area contributed by atoms with Gasteiger partial charge in [-0.15, -0.1) is 0 Å². The van der Waals surface area contributed by atoms with Crippen molar-refractivity contribution in [2.75, 3.05) is 11.9 Å². The van der Waals surface area contributed by atoms with Crippen LogP contribution in [0.25, 0.3) is 0 Å². The van der Waals surface area contributed by atoms with Gasteiger partial charge in [0.15, 0.2) is 0 Å². The number of hydrogen-bond acceptors (Lipinski definition) is 5. The molecular weight excluding hydrogens is 324 g/mol. The topological polar surface area (TPSA) is 58.9 Å². The third-order valence-corrected chi connectivity index (χ3v) is 4.92. The summed E-state index contributed by atoms with van der Waals surface area (Å²) < 4.78 is 2.13. The normalized spacial score (nSPS) is 14.2. The van der Waals surface area contributed by atoms with E-state index in [0.29, 0.717) is 6.54 Å². The fraction of sp³-hybridized carbons (Fsp3) is 0.350. The van der Waals surface area contributed by atoms with E-state index in [-0.39, 0.29) is 0 Å². The first kappa shape index (κ1) is 16.7. The van der Waals surface area contributed by atoms with Crippen molar-refractivity contribution in [3.63, 3.8) is 0 Å². The van der Waals surface area contributed by atoms with E-state index >= 15 is 0 Å². The zero-order valence-corrected chi connectivity index (χ0v) is 15.3. The van der Waals surface area contributed by atoms with Crippen LogP contribution in [0, 0.1) is 13.8 Å². The molecule has 1 aliphatic heterocycles. The molecule has 2 aromatic heterocycles. The zero-order valence-electron chi connectivity index (χ0n) is 15.3. The van der Waals surface area contributed by atoms with Crippen LogP contribution in [0.3, 0.4) is 0 Å². The van der Waals surface area contributed by atoms with Crippen LogP contribution in [0.1, 0.15) is 28.1 Å². The minimum Gasteiger partial charge on any atom is -0.363 e. The van der Waals surface area contributed by atoms with Gasteiger partial charge < -0.3 is 5.32 Å². The number of fused-ring (bicyclic) bond motifs is 1. The maximum atomic E-state index is 4.71. The van der Waals surface area contributed by atoms with Gasteiger partial charge >= 0.3 is 0 Å². The summed E-state index contributed by atoms with van der Waals surface area (Å²) >= 11 is 0. The second kappa shape index (κ2) is 7.25. The smallest absolute Gasteiger partial charge is 0.144 e. The highest BCUT2D eigenvalue weighted by Crippen LogP contribution is 2.18. The van der Waals surface area contributed by atoms with Gasteiger partial charge in [0.05, 0.1) is 30.7 Å². The molecule has 0 amide bonds. The number of rotatable bonds is 5. The first-order chi connectivity index (χ1) is 12.7. The molecule has 0 bridgehead atoms. The van der Waals surface area contributed by atoms with Gasteiger partial charge in [-0.3, -0.25) is 14.6 Å². The number of aryl methyl sites for hydroxylation is 2. The van der Waals surface area contributed by atoms with Crippen LogP contribution in [-0.4, -0.2) is 31.2 Å². The summed E-state index contributed by atoms with van der Waals surface area (Å²) in [7, 11) is 0. The van der Waals surface area contributed by atoms with Crippen LogP contribution in [0.4, 0.5) is 5.82 Å². The van der Waals surface area contributed by atoms with Crippen molar-refractivity contribution in [3.05, 3.63) is 70.9 Å². The molecule has 0 radical (unpaired) electrons. The Morgan fingerprint density at radius 1 is 1.08 bits per heavy atom. The van der Waals surface area contributed by atoms with Gasteiger partial charge in [0, 0.05) is 32.0 Å². The Balaban J connectivity index is 1.39. The average molecular weight is 348 g/mol. The summed E-state index contributed by atoms with van der Waals surface area (Å²) in [5.74, 6) is 0.773. The molecule has 6 heteroatoms. The van der Waals surface area contributed by atoms with Crippen molar-refractivity contribution < 1.29 is 0 Å². The van der Waals surface area contributed by atoms with E-state index in [2.05, 4.69) is 63.0 Å². The third-order valence-electron chi connectivity index (χ3n) is 4.92. The Hall–Kier alpha value is -2.73. The lowest BCUT2D eigenvalue weighted by Crippen LogP contribution is -2.33. The van der Waals surface area contributed by atoms with E-state index in [9.17, 15) is 0 Å². The summed E-state index contributed by atoms with van der Waals surface area (Å²) in [5.41, 5.74) is 6.41. The Morgan fingerprint density at radius 3 is 2.81 bits per heavy atom. The summed E-state index contributed by atoms with van der Waals surface area (Å²) in [6.07, 6.45) is 5.08. The lowest BCUT2D eigenvalue weighted by atomic mass is 10.1. The predicted octanol–water partition coefficient (Wildman–Crippen LogP) is 2.92. The monoisotopic (exact) mass is 348 g/mol. The van der Waals surface area contributed by atoms with Gasteiger partial charge in [-0.25, -0.2) is 4.98 Å². The molecule has 0 fully saturated rings. The molecule has 4 rings (SSSR count). The van der Waals surface area contributed by atoms with Gasteiger partial charge in [0.2, 0.25) is 0 Å². The molecule has 0 unspecified atom stereocenters. The van der Waals surface area contributed by atoms with E-state index in [1.165, 1.54) is 22.4 Å². The van der Waals surface area contributed by atoms with Crippen LogP contribution in [0.2, 0.25) is 0 Å². The van der Waals surface area contributed by atoms with Crippen LogP contribution >= 0.6 is 0 Å². The minimum atomic E-state index is 0.663. The second-order valence-electron chi connectivity index (χ2n) is 6.92. The molecule has 3 aromatic rings. The summed E-state index contributed by atoms with van der Waals surface area (Å²) in [6, 6.07) is 8.95. The first-order valence-corrected chi connectivity index (χ1v) is 9.01. The molecule has 26 heavy (non-hydrogen) atoms. The van der Waals surface area contributed by atoms with Crippen molar-refractivity contribution in [3.8, 4) is 0 Å². The van der Waals surface area contributed by atoms with Crippen LogP contribution in [-0.2, 0) is 26.2 Å². The molecule has 0 atom stereocenters. The average Bonchev–Trinajstić information content (AvgIpc) is 3.06. The zero-order chi connectivity index (χ0) is 17.9. The van der Waals surface area contributed by atoms with E-state index in [0.717, 1.165) is 37.7 Å². The first-order valence-electron chi connectivity index (χ1n) is 9.01. The molecule has 134 valence electrons. The molecule has 1 aromatic carbocycles. The predicted molar refractivity (Wildman–Crippen MR) is 102 cm³/mol. The van der Waals surface area contributed by atoms with Crippen LogP contribution in [0.5, 0.6) is 0 Å². The van der Waals surface area contributed by atoms with Crippen molar-refractivity contribution >= 4 is 5.82 Å². The highest BCUT2D eigenvalue weighted by atomic mass is 15.3. The Bertz CT molecular complexity index is 887. The molecule has 1 aliphatic rings. The van der Waals surface area contributed by atoms with E-state index in [1.807, 2.05) is 0 Å². The lowest BCUT2D eigenvalue weighted by molar-refractivity contribution is 0.205. The second-order valence-corrected chi connectivity index (χ2v) is 6.92. The van der Waals surface area contributed by atoms with Crippen LogP contribution in [0.15, 0.2) is 42.9 Å². The lowest BCUT2D eigenvalue weighted by Gasteiger charge is -2.27. The highest BCUT2D eigenvalue weighted by Gasteiger charge is 2.18. The number of nitrogens with one attached hydrogen (secondary N) is 1. The van der Waals surface area contributed by atoms with Gasteiger partial charge in [-0.1, -0.05) is 18.2 Å². The molecule has 1 N–H and O–H groups in total. The Kier molecular flexibility index (Phi) is 4.67. The SMILES string of the molecule is Cc1ccc(CN2CCn3nc(CNc4cnccn4)cc3C2)cc1C. The molecule has 0 spiro atoms. The Morgan fingerprint density at radius 2 is 2.00 bits per heavy atom. The molecular formula is C20H24N6. The van der Waals surface area contributed by atoms with E-state index < -0.39 is 0 Å². The van der Waals surface area contributed by atoms with Crippen LogP contribution < -0.4 is 5.32 Å². The number of aromatic nitrogens is 4. The summed E-state index contributed by atoms with van der Waals surface area (Å²) in [5, 5.41) is 7.98. The quantitative estimate of drug-likeness (QED) is 0.768. The van der Waals surface area contributed by atoms with Crippen molar-refractivity contribution in [1.82, 2.24) is 24.6 Å². The van der Waals surface area contributed by atoms with Crippen molar-refractivity contribution in [2.24, 2.45) is 0 Å². The fourth-order valence-corrected chi connectivity index (χ4v) is 3.33. The largest absolute Gasteiger partial charge is 0.363 e. The van der Waals surface area contributed by atoms with Gasteiger partial charge in [-0.2, -0.15) is 5.10 Å². The maximum Gasteiger partial charge on any atom is 0.144 e. The molecule has 0 aliphatic carbocycles. The van der Waals surface area contributed by atoms with Crippen molar-refractivity contribution in [2.45, 2.75) is 40.0 Å². The van der Waals surface area contributed by atoms with E-state index in [1.54, 1.807) is 18.6 Å². The number of benzene rings is 1. The molecule has 0 saturated heterocycles. The number of hydrogen-bond donors (Lipinski definition) is 1. The van der Waals surface area contributed by atoms with Gasteiger partial charge in [-0.05, 0) is 36.6 Å². The number of nitrogens with zero attached hydrogens (tertiary/aromatic N) is 5. The molecule has 0 saturated carbocycles. The fourth-order valence-electron chi connectivity index (χ4n) is 3.33. The minimum absolute atomic E-state index is 0.663. The third kappa shape index (κ3) is 3.75. The van der Waals surface area contributed by atoms with Gasteiger partial charge in [0.25, 0.3) is 0 Å². The van der Waals surface area contributed by atoms with Gasteiger partial charge in [0.1, 0.15) is 5.82 Å². The summed E-state index contributed by atoms with van der Waals surface area (Å²) in [6.45, 7) is 8.89. The van der Waals surface area contributed by atoms with E-state index in [4.69, 9.17) is 5.10 Å². The molecule has 6 nitrogen and oxygen atoms in total. The van der Waals surface area contributed by atoms with Crippen molar-refractivity contribution in [1.29, 1.82) is 0 Å². The molecule has 3 heterocycles. The summed E-state index contributed by atoms with van der Waals surface area (Å²) in [4.78, 5) is 10.8. The number of anilines is 1. The maximum absolute atomic E-state index is 4.71. The highest BCUT2D eigenvalue weighted by molar-refractivity contribution is 5.31. The standard InChI is InChI=1S/C20H24N6/c1-15-3-4-17(9-16(15)2)13-25-7-8-26-19(14-25)10-18(24-26)11-23-20-12-21-5-6-22-20/h3-6,9-10,12H,7-8,11,13-14H2,1-2H3,(H,22,23).